The second-order valence-electron chi connectivity index (χ2n) is 5.17. The molecule has 2 aromatic rings. The minimum Gasteiger partial charge on any atom is -0.506 e. The predicted molar refractivity (Wildman–Crippen MR) is 90.9 cm³/mol. The van der Waals surface area contributed by atoms with Crippen LogP contribution in [0.4, 0.5) is 5.69 Å². The Morgan fingerprint density at radius 2 is 1.96 bits per heavy atom. The van der Waals surface area contributed by atoms with Crippen LogP contribution in [0.15, 0.2) is 47.4 Å². The average Bonchev–Trinajstić information content (AvgIpc) is 2.57. The highest BCUT2D eigenvalue weighted by Gasteiger charge is 2.16. The fourth-order valence-electron chi connectivity index (χ4n) is 2.14. The summed E-state index contributed by atoms with van der Waals surface area (Å²) >= 11 is 0. The van der Waals surface area contributed by atoms with E-state index in [0.717, 1.165) is 5.56 Å². The summed E-state index contributed by atoms with van der Waals surface area (Å²) < 4.78 is 28.9. The molecule has 24 heavy (non-hydrogen) atoms. The summed E-state index contributed by atoms with van der Waals surface area (Å²) in [6, 6.07) is 10.7. The molecule has 2 rings (SSSR count). The number of hydrogen-bond donors (Lipinski definition) is 2. The Hall–Kier alpha value is -2.38. The lowest BCUT2D eigenvalue weighted by atomic mass is 10.1. The van der Waals surface area contributed by atoms with Gasteiger partial charge in [-0.25, -0.2) is 8.42 Å². The maximum absolute atomic E-state index is 12.3. The van der Waals surface area contributed by atoms with Crippen molar-refractivity contribution in [2.24, 2.45) is 0 Å². The summed E-state index contributed by atoms with van der Waals surface area (Å²) in [6.07, 6.45) is 0. The van der Waals surface area contributed by atoms with E-state index in [1.54, 1.807) is 25.3 Å². The van der Waals surface area contributed by atoms with Gasteiger partial charge in [0.15, 0.2) is 9.84 Å². The standard InChI is InChI=1S/C17H19NO5S/c1-3-24(21,22)14-7-8-16(19)15(10-14)18-17(20)13-6-4-5-12(9-13)11-23-2/h4-10,19H,3,11H2,1-2H3,(H,18,20). The monoisotopic (exact) mass is 349 g/mol. The lowest BCUT2D eigenvalue weighted by molar-refractivity contribution is 0.102. The molecule has 6 nitrogen and oxygen atoms in total. The van der Waals surface area contributed by atoms with Gasteiger partial charge in [-0.3, -0.25) is 4.79 Å². The summed E-state index contributed by atoms with van der Waals surface area (Å²) in [4.78, 5) is 12.4. The fraction of sp³-hybridized carbons (Fsp3) is 0.235. The highest BCUT2D eigenvalue weighted by molar-refractivity contribution is 7.91. The third-order valence-corrected chi connectivity index (χ3v) is 5.19. The van der Waals surface area contributed by atoms with Gasteiger partial charge in [0.1, 0.15) is 5.75 Å². The summed E-state index contributed by atoms with van der Waals surface area (Å²) in [5.41, 5.74) is 1.26. The van der Waals surface area contributed by atoms with Gasteiger partial charge in [0.05, 0.1) is 22.9 Å². The molecule has 1 amide bonds. The van der Waals surface area contributed by atoms with Crippen molar-refractivity contribution < 1.29 is 23.1 Å². The molecule has 0 heterocycles. The molecule has 0 aromatic heterocycles. The number of benzene rings is 2. The van der Waals surface area contributed by atoms with E-state index in [9.17, 15) is 18.3 Å². The van der Waals surface area contributed by atoms with Gasteiger partial charge in [0.2, 0.25) is 0 Å². The van der Waals surface area contributed by atoms with Crippen LogP contribution >= 0.6 is 0 Å². The van der Waals surface area contributed by atoms with Gasteiger partial charge in [-0.15, -0.1) is 0 Å². The fourth-order valence-corrected chi connectivity index (χ4v) is 3.05. The van der Waals surface area contributed by atoms with Crippen LogP contribution in [-0.4, -0.2) is 32.3 Å². The third-order valence-electron chi connectivity index (χ3n) is 3.46. The first-order chi connectivity index (χ1) is 11.4. The molecule has 0 aliphatic rings. The number of carbonyl (C=O) groups excluding carboxylic acids is 1. The molecule has 0 saturated carbocycles. The number of nitrogens with one attached hydrogen (secondary N) is 1. The first-order valence-electron chi connectivity index (χ1n) is 7.32. The van der Waals surface area contributed by atoms with Crippen molar-refractivity contribution in [3.8, 4) is 5.75 Å². The van der Waals surface area contributed by atoms with Crippen molar-refractivity contribution in [2.75, 3.05) is 18.2 Å². The Balaban J connectivity index is 2.29. The molecular formula is C17H19NO5S. The highest BCUT2D eigenvalue weighted by atomic mass is 32.2. The molecule has 0 spiro atoms. The zero-order valence-electron chi connectivity index (χ0n) is 13.4. The molecule has 0 fully saturated rings. The zero-order valence-corrected chi connectivity index (χ0v) is 14.3. The van der Waals surface area contributed by atoms with Crippen molar-refractivity contribution in [3.05, 3.63) is 53.6 Å². The Morgan fingerprint density at radius 3 is 2.62 bits per heavy atom. The number of carbonyl (C=O) groups is 1. The second kappa shape index (κ2) is 7.46. The lowest BCUT2D eigenvalue weighted by Crippen LogP contribution is -2.13. The maximum atomic E-state index is 12.3. The van der Waals surface area contributed by atoms with Crippen LogP contribution in [0.2, 0.25) is 0 Å². The van der Waals surface area contributed by atoms with Crippen LogP contribution in [0.1, 0.15) is 22.8 Å². The molecule has 0 bridgehead atoms. The van der Waals surface area contributed by atoms with Crippen LogP contribution in [0.25, 0.3) is 0 Å². The Labute approximate surface area is 141 Å². The molecule has 128 valence electrons. The zero-order chi connectivity index (χ0) is 17.7. The number of hydrogen-bond acceptors (Lipinski definition) is 5. The number of sulfone groups is 1. The topological polar surface area (TPSA) is 92.7 Å². The van der Waals surface area contributed by atoms with Gasteiger partial charge in [-0.05, 0) is 35.9 Å². The van der Waals surface area contributed by atoms with Crippen molar-refractivity contribution >= 4 is 21.4 Å². The largest absolute Gasteiger partial charge is 0.506 e. The Morgan fingerprint density at radius 1 is 1.21 bits per heavy atom. The first-order valence-corrected chi connectivity index (χ1v) is 8.97. The SMILES string of the molecule is CCS(=O)(=O)c1ccc(O)c(NC(=O)c2cccc(COC)c2)c1. The van der Waals surface area contributed by atoms with E-state index in [0.29, 0.717) is 12.2 Å². The van der Waals surface area contributed by atoms with Crippen molar-refractivity contribution in [2.45, 2.75) is 18.4 Å². The molecule has 0 unspecified atom stereocenters. The van der Waals surface area contributed by atoms with E-state index in [4.69, 9.17) is 4.74 Å². The molecular weight excluding hydrogens is 330 g/mol. The van der Waals surface area contributed by atoms with Crippen LogP contribution in [0.5, 0.6) is 5.75 Å². The average molecular weight is 349 g/mol. The van der Waals surface area contributed by atoms with Gasteiger partial charge < -0.3 is 15.2 Å². The molecule has 2 N–H and O–H groups in total. The minimum atomic E-state index is -3.43. The Kier molecular flexibility index (Phi) is 5.58. The van der Waals surface area contributed by atoms with E-state index in [-0.39, 0.29) is 22.1 Å². The van der Waals surface area contributed by atoms with Gasteiger partial charge in [0.25, 0.3) is 5.91 Å². The van der Waals surface area contributed by atoms with Crippen LogP contribution in [-0.2, 0) is 21.2 Å². The van der Waals surface area contributed by atoms with Crippen molar-refractivity contribution in [1.82, 2.24) is 0 Å². The van der Waals surface area contributed by atoms with Gasteiger partial charge in [0, 0.05) is 12.7 Å². The van der Waals surface area contributed by atoms with Crippen LogP contribution < -0.4 is 5.32 Å². The minimum absolute atomic E-state index is 0.0474. The normalized spacial score (nSPS) is 11.2. The molecule has 0 saturated heterocycles. The first kappa shape index (κ1) is 18.0. The van der Waals surface area contributed by atoms with E-state index < -0.39 is 15.7 Å². The summed E-state index contributed by atoms with van der Waals surface area (Å²) in [6.45, 7) is 1.90. The molecule has 2 aromatic carbocycles. The number of rotatable bonds is 6. The van der Waals surface area contributed by atoms with Crippen molar-refractivity contribution in [1.29, 1.82) is 0 Å². The number of phenols is 1. The van der Waals surface area contributed by atoms with E-state index in [1.807, 2.05) is 6.07 Å². The van der Waals surface area contributed by atoms with Crippen molar-refractivity contribution in [3.63, 3.8) is 0 Å². The lowest BCUT2D eigenvalue weighted by Gasteiger charge is -2.10. The molecule has 0 radical (unpaired) electrons. The summed E-state index contributed by atoms with van der Waals surface area (Å²) in [7, 11) is -1.87. The smallest absolute Gasteiger partial charge is 0.255 e. The van der Waals surface area contributed by atoms with E-state index in [1.165, 1.54) is 25.1 Å². The van der Waals surface area contributed by atoms with Gasteiger partial charge in [-0.2, -0.15) is 0 Å². The Bertz CT molecular complexity index is 846. The molecule has 0 aliphatic carbocycles. The number of methoxy groups -OCH3 is 1. The van der Waals surface area contributed by atoms with Gasteiger partial charge in [-0.1, -0.05) is 19.1 Å². The number of phenolic OH excluding ortho intramolecular Hbond substituents is 1. The number of aromatic hydroxyl groups is 1. The molecule has 0 atom stereocenters. The highest BCUT2D eigenvalue weighted by Crippen LogP contribution is 2.27. The maximum Gasteiger partial charge on any atom is 0.255 e. The van der Waals surface area contributed by atoms with Crippen LogP contribution in [0, 0.1) is 0 Å². The van der Waals surface area contributed by atoms with Crippen LogP contribution in [0.3, 0.4) is 0 Å². The van der Waals surface area contributed by atoms with Gasteiger partial charge >= 0.3 is 0 Å². The summed E-state index contributed by atoms with van der Waals surface area (Å²) in [5, 5.41) is 12.4. The number of anilines is 1. The molecule has 0 aliphatic heterocycles. The number of amides is 1. The van der Waals surface area contributed by atoms with E-state index in [2.05, 4.69) is 5.32 Å². The quantitative estimate of drug-likeness (QED) is 0.782. The number of ether oxygens (including phenoxy) is 1. The molecule has 7 heteroatoms. The summed E-state index contributed by atoms with van der Waals surface area (Å²) in [5.74, 6) is -0.717. The predicted octanol–water partition coefficient (Wildman–Crippen LogP) is 2.58. The second-order valence-corrected chi connectivity index (χ2v) is 7.45. The third kappa shape index (κ3) is 4.12. The van der Waals surface area contributed by atoms with E-state index >= 15 is 0 Å².